The van der Waals surface area contributed by atoms with Gasteiger partial charge in [-0.3, -0.25) is 0 Å². The molecule has 0 saturated heterocycles. The Morgan fingerprint density at radius 1 is 1.35 bits per heavy atom. The monoisotopic (exact) mass is 231 g/mol. The van der Waals surface area contributed by atoms with Crippen LogP contribution in [-0.2, 0) is 0 Å². The predicted octanol–water partition coefficient (Wildman–Crippen LogP) is 2.66. The van der Waals surface area contributed by atoms with Crippen molar-refractivity contribution in [1.29, 1.82) is 5.26 Å². The minimum absolute atomic E-state index is 0.115. The molecular weight excluding hydrogens is 225 g/mol. The molecule has 0 bridgehead atoms. The van der Waals surface area contributed by atoms with E-state index in [0.717, 1.165) is 6.07 Å². The molecular formula is C12H6FNO3. The van der Waals surface area contributed by atoms with E-state index >= 15 is 0 Å². The molecule has 0 atom stereocenters. The number of hydrogen-bond acceptors (Lipinski definition) is 3. The summed E-state index contributed by atoms with van der Waals surface area (Å²) in [5.74, 6) is -1.73. The van der Waals surface area contributed by atoms with Gasteiger partial charge in [0.1, 0.15) is 17.6 Å². The van der Waals surface area contributed by atoms with Crippen LogP contribution in [0.4, 0.5) is 4.39 Å². The topological polar surface area (TPSA) is 74.2 Å². The Balaban J connectivity index is 2.46. The van der Waals surface area contributed by atoms with Crippen LogP contribution < -0.4 is 0 Å². The van der Waals surface area contributed by atoms with E-state index in [4.69, 9.17) is 14.8 Å². The molecule has 2 aromatic rings. The minimum Gasteiger partial charge on any atom is -0.475 e. The number of nitrogens with zero attached hydrogens (tertiary/aromatic N) is 1. The second-order valence-electron chi connectivity index (χ2n) is 3.28. The normalized spacial score (nSPS) is 9.88. The zero-order valence-electron chi connectivity index (χ0n) is 8.48. The molecule has 0 aliphatic heterocycles. The number of benzene rings is 1. The summed E-state index contributed by atoms with van der Waals surface area (Å²) >= 11 is 0. The van der Waals surface area contributed by atoms with Crippen LogP contribution in [0.15, 0.2) is 34.7 Å². The summed E-state index contributed by atoms with van der Waals surface area (Å²) in [5.41, 5.74) is 0.339. The molecule has 0 unspecified atom stereocenters. The van der Waals surface area contributed by atoms with Crippen molar-refractivity contribution >= 4 is 5.97 Å². The van der Waals surface area contributed by atoms with Gasteiger partial charge in [-0.2, -0.15) is 5.26 Å². The van der Waals surface area contributed by atoms with Crippen LogP contribution in [-0.4, -0.2) is 11.1 Å². The molecule has 0 fully saturated rings. The molecule has 0 saturated carbocycles. The maximum Gasteiger partial charge on any atom is 0.371 e. The number of aromatic carboxylic acids is 1. The highest BCUT2D eigenvalue weighted by Gasteiger charge is 2.11. The van der Waals surface area contributed by atoms with E-state index in [-0.39, 0.29) is 17.1 Å². The van der Waals surface area contributed by atoms with Crippen molar-refractivity contribution in [3.8, 4) is 17.4 Å². The molecule has 4 nitrogen and oxygen atoms in total. The van der Waals surface area contributed by atoms with Gasteiger partial charge in [0, 0.05) is 5.56 Å². The van der Waals surface area contributed by atoms with Crippen molar-refractivity contribution in [3.63, 3.8) is 0 Å². The zero-order chi connectivity index (χ0) is 12.4. The first-order chi connectivity index (χ1) is 8.11. The van der Waals surface area contributed by atoms with Gasteiger partial charge in [0.25, 0.3) is 0 Å². The molecule has 0 aliphatic carbocycles. The van der Waals surface area contributed by atoms with Gasteiger partial charge in [0.2, 0.25) is 5.76 Å². The van der Waals surface area contributed by atoms with Crippen molar-refractivity contribution in [1.82, 2.24) is 0 Å². The molecule has 1 aromatic heterocycles. The number of halogens is 1. The van der Waals surface area contributed by atoms with E-state index in [9.17, 15) is 9.18 Å². The lowest BCUT2D eigenvalue weighted by Gasteiger charge is -1.98. The molecule has 84 valence electrons. The second-order valence-corrected chi connectivity index (χ2v) is 3.28. The van der Waals surface area contributed by atoms with Crippen molar-refractivity contribution in [2.45, 2.75) is 0 Å². The lowest BCUT2D eigenvalue weighted by molar-refractivity contribution is 0.0663. The first-order valence-electron chi connectivity index (χ1n) is 4.65. The van der Waals surface area contributed by atoms with Crippen molar-refractivity contribution in [2.75, 3.05) is 0 Å². The Morgan fingerprint density at radius 3 is 2.71 bits per heavy atom. The zero-order valence-corrected chi connectivity index (χ0v) is 8.48. The maximum atomic E-state index is 13.1. The smallest absolute Gasteiger partial charge is 0.371 e. The average molecular weight is 231 g/mol. The summed E-state index contributed by atoms with van der Waals surface area (Å²) in [6.45, 7) is 0. The Kier molecular flexibility index (Phi) is 2.63. The number of carboxylic acid groups (broad SMARTS) is 1. The van der Waals surface area contributed by atoms with E-state index in [0.29, 0.717) is 5.56 Å². The average Bonchev–Trinajstić information content (AvgIpc) is 2.79. The minimum atomic E-state index is -1.18. The lowest BCUT2D eigenvalue weighted by Crippen LogP contribution is -1.91. The van der Waals surface area contributed by atoms with E-state index in [2.05, 4.69) is 0 Å². The standard InChI is InChI=1S/C12H6FNO3/c13-9-2-1-7(5-8(9)6-14)10-3-4-11(17-10)12(15)16/h1-5H,(H,15,16). The fourth-order valence-corrected chi connectivity index (χ4v) is 1.37. The number of carboxylic acids is 1. The summed E-state index contributed by atoms with van der Waals surface area (Å²) in [4.78, 5) is 10.6. The van der Waals surface area contributed by atoms with Crippen LogP contribution in [0.25, 0.3) is 11.3 Å². The Morgan fingerprint density at radius 2 is 2.12 bits per heavy atom. The molecule has 2 rings (SSSR count). The fraction of sp³-hybridized carbons (Fsp3) is 0. The Hall–Kier alpha value is -2.61. The molecule has 0 amide bonds. The highest BCUT2D eigenvalue weighted by molar-refractivity contribution is 5.85. The third kappa shape index (κ3) is 2.01. The van der Waals surface area contributed by atoms with Gasteiger partial charge >= 0.3 is 5.97 Å². The van der Waals surface area contributed by atoms with Gasteiger partial charge in [-0.1, -0.05) is 0 Å². The number of nitriles is 1. The van der Waals surface area contributed by atoms with E-state index in [1.807, 2.05) is 0 Å². The van der Waals surface area contributed by atoms with Crippen LogP contribution in [0.2, 0.25) is 0 Å². The quantitative estimate of drug-likeness (QED) is 0.862. The van der Waals surface area contributed by atoms with Gasteiger partial charge in [-0.05, 0) is 30.3 Å². The molecule has 5 heteroatoms. The lowest BCUT2D eigenvalue weighted by atomic mass is 10.1. The Bertz CT molecular complexity index is 625. The highest BCUT2D eigenvalue weighted by Crippen LogP contribution is 2.24. The number of furan rings is 1. The summed E-state index contributed by atoms with van der Waals surface area (Å²) in [5, 5.41) is 17.4. The highest BCUT2D eigenvalue weighted by atomic mass is 19.1. The number of hydrogen-bond donors (Lipinski definition) is 1. The van der Waals surface area contributed by atoms with Crippen molar-refractivity contribution in [2.24, 2.45) is 0 Å². The van der Waals surface area contributed by atoms with E-state index < -0.39 is 11.8 Å². The van der Waals surface area contributed by atoms with E-state index in [1.165, 1.54) is 24.3 Å². The molecule has 1 heterocycles. The van der Waals surface area contributed by atoms with Crippen LogP contribution >= 0.6 is 0 Å². The summed E-state index contributed by atoms with van der Waals surface area (Å²) < 4.78 is 18.1. The van der Waals surface area contributed by atoms with Gasteiger partial charge in [-0.15, -0.1) is 0 Å². The Labute approximate surface area is 95.5 Å². The molecule has 0 spiro atoms. The summed E-state index contributed by atoms with van der Waals surface area (Å²) in [6, 6.07) is 8.32. The third-order valence-electron chi connectivity index (χ3n) is 2.19. The first-order valence-corrected chi connectivity index (χ1v) is 4.65. The third-order valence-corrected chi connectivity index (χ3v) is 2.19. The maximum absolute atomic E-state index is 13.1. The molecule has 1 N–H and O–H groups in total. The largest absolute Gasteiger partial charge is 0.475 e. The summed E-state index contributed by atoms with van der Waals surface area (Å²) in [6.07, 6.45) is 0. The molecule has 17 heavy (non-hydrogen) atoms. The predicted molar refractivity (Wildman–Crippen MR) is 55.8 cm³/mol. The number of carbonyl (C=O) groups is 1. The number of rotatable bonds is 2. The summed E-state index contributed by atoms with van der Waals surface area (Å²) in [7, 11) is 0. The van der Waals surface area contributed by atoms with Crippen molar-refractivity contribution < 1.29 is 18.7 Å². The van der Waals surface area contributed by atoms with Gasteiger partial charge in [-0.25, -0.2) is 9.18 Å². The van der Waals surface area contributed by atoms with Crippen molar-refractivity contribution in [3.05, 3.63) is 47.5 Å². The van der Waals surface area contributed by atoms with Gasteiger partial charge < -0.3 is 9.52 Å². The molecule has 0 radical (unpaired) electrons. The van der Waals surface area contributed by atoms with Crippen LogP contribution in [0.5, 0.6) is 0 Å². The molecule has 0 aliphatic rings. The van der Waals surface area contributed by atoms with Gasteiger partial charge in [0.15, 0.2) is 0 Å². The van der Waals surface area contributed by atoms with Crippen LogP contribution in [0, 0.1) is 17.1 Å². The molecule has 1 aromatic carbocycles. The second kappa shape index (κ2) is 4.10. The van der Waals surface area contributed by atoms with Crippen LogP contribution in [0.3, 0.4) is 0 Å². The van der Waals surface area contributed by atoms with Gasteiger partial charge in [0.05, 0.1) is 5.56 Å². The fourth-order valence-electron chi connectivity index (χ4n) is 1.37. The SMILES string of the molecule is N#Cc1cc(-c2ccc(C(=O)O)o2)ccc1F. The van der Waals surface area contributed by atoms with Crippen LogP contribution in [0.1, 0.15) is 16.1 Å². The first kappa shape index (κ1) is 10.9. The van der Waals surface area contributed by atoms with E-state index in [1.54, 1.807) is 6.07 Å².